The van der Waals surface area contributed by atoms with Crippen LogP contribution in [0.2, 0.25) is 5.15 Å². The first-order chi connectivity index (χ1) is 16.5. The largest absolute Gasteiger partial charge is 0.390 e. The molecule has 2 atom stereocenters. The van der Waals surface area contributed by atoms with E-state index in [-0.39, 0.29) is 29.8 Å². The summed E-state index contributed by atoms with van der Waals surface area (Å²) in [5.41, 5.74) is 6.91. The Morgan fingerprint density at radius 3 is 2.71 bits per heavy atom. The van der Waals surface area contributed by atoms with Crippen molar-refractivity contribution in [1.82, 2.24) is 29.1 Å². The second-order valence-electron chi connectivity index (χ2n) is 8.18. The van der Waals surface area contributed by atoms with Gasteiger partial charge in [-0.15, -0.1) is 0 Å². The molecule has 172 valence electrons. The number of imidazole rings is 1. The fourth-order valence-electron chi connectivity index (χ4n) is 4.31. The number of fused-ring (bicyclic) bond motifs is 3. The Labute approximate surface area is 199 Å². The lowest BCUT2D eigenvalue weighted by Crippen LogP contribution is -2.42. The molecule has 1 aromatic carbocycles. The Bertz CT molecular complexity index is 1450. The molecule has 0 bridgehead atoms. The molecule has 3 aromatic heterocycles. The number of aliphatic hydroxyl groups is 1. The van der Waals surface area contributed by atoms with E-state index in [1.54, 1.807) is 22.9 Å². The molecule has 0 saturated carbocycles. The Hall–Kier alpha value is -3.57. The fourth-order valence-corrected chi connectivity index (χ4v) is 4.54. The van der Waals surface area contributed by atoms with Crippen molar-refractivity contribution in [2.45, 2.75) is 25.6 Å². The molecular formula is C23H21ClN8O2. The molecule has 2 unspecified atom stereocenters. The monoisotopic (exact) mass is 476 g/mol. The highest BCUT2D eigenvalue weighted by Crippen LogP contribution is 2.46. The number of halogens is 1. The minimum absolute atomic E-state index is 0.0804. The van der Waals surface area contributed by atoms with Crippen LogP contribution in [-0.4, -0.2) is 40.4 Å². The van der Waals surface area contributed by atoms with Gasteiger partial charge in [0, 0.05) is 25.0 Å². The third-order valence-corrected chi connectivity index (χ3v) is 6.19. The van der Waals surface area contributed by atoms with Crippen molar-refractivity contribution in [3.05, 3.63) is 77.1 Å². The van der Waals surface area contributed by atoms with Crippen molar-refractivity contribution in [2.75, 3.05) is 5.43 Å². The number of benzene rings is 1. The van der Waals surface area contributed by atoms with Crippen LogP contribution >= 0.6 is 11.6 Å². The van der Waals surface area contributed by atoms with Crippen LogP contribution in [0, 0.1) is 5.41 Å². The van der Waals surface area contributed by atoms with Crippen LogP contribution < -0.4 is 11.0 Å². The van der Waals surface area contributed by atoms with E-state index in [0.29, 0.717) is 23.8 Å². The SMILES string of the molecule is Cn1ccnc1CN1Nc2c(-c3cc(Cl)nc(CO)c3)c(-c3ccccc3)nc(=N)n2C2OC21. The summed E-state index contributed by atoms with van der Waals surface area (Å²) in [7, 11) is 1.94. The van der Waals surface area contributed by atoms with Crippen molar-refractivity contribution < 1.29 is 9.84 Å². The number of nitrogens with zero attached hydrogens (tertiary/aromatic N) is 6. The van der Waals surface area contributed by atoms with Crippen LogP contribution in [-0.2, 0) is 24.9 Å². The first-order valence-electron chi connectivity index (χ1n) is 10.7. The zero-order valence-corrected chi connectivity index (χ0v) is 18.9. The number of nitrogens with one attached hydrogen (secondary N) is 2. The fraction of sp³-hybridized carbons (Fsp3) is 0.217. The summed E-state index contributed by atoms with van der Waals surface area (Å²) >= 11 is 6.32. The van der Waals surface area contributed by atoms with Crippen LogP contribution in [0.25, 0.3) is 22.4 Å². The van der Waals surface area contributed by atoms with Crippen molar-refractivity contribution in [3.63, 3.8) is 0 Å². The molecule has 0 radical (unpaired) electrons. The number of hydrogen-bond acceptors (Lipinski definition) is 8. The van der Waals surface area contributed by atoms with Crippen LogP contribution in [0.4, 0.5) is 5.82 Å². The van der Waals surface area contributed by atoms with Gasteiger partial charge in [-0.1, -0.05) is 41.9 Å². The predicted molar refractivity (Wildman–Crippen MR) is 124 cm³/mol. The van der Waals surface area contributed by atoms with Crippen molar-refractivity contribution >= 4 is 17.4 Å². The van der Waals surface area contributed by atoms with Crippen LogP contribution in [0.15, 0.2) is 54.9 Å². The minimum Gasteiger partial charge on any atom is -0.390 e. The summed E-state index contributed by atoms with van der Waals surface area (Å²) in [6, 6.07) is 13.2. The van der Waals surface area contributed by atoms with Crippen LogP contribution in [0.5, 0.6) is 0 Å². The van der Waals surface area contributed by atoms with Gasteiger partial charge in [-0.05, 0) is 17.7 Å². The molecule has 0 aliphatic carbocycles. The molecule has 3 N–H and O–H groups in total. The van der Waals surface area contributed by atoms with Crippen molar-refractivity contribution in [1.29, 1.82) is 5.41 Å². The molecule has 2 aliphatic rings. The number of ether oxygens (including phenoxy) is 1. The highest BCUT2D eigenvalue weighted by atomic mass is 35.5. The third kappa shape index (κ3) is 3.48. The molecule has 5 heterocycles. The van der Waals surface area contributed by atoms with E-state index in [0.717, 1.165) is 22.5 Å². The Morgan fingerprint density at radius 1 is 1.15 bits per heavy atom. The number of hydrazine groups is 1. The smallest absolute Gasteiger partial charge is 0.226 e. The van der Waals surface area contributed by atoms with E-state index < -0.39 is 0 Å². The lowest BCUT2D eigenvalue weighted by atomic mass is 9.99. The van der Waals surface area contributed by atoms with Gasteiger partial charge < -0.3 is 19.8 Å². The van der Waals surface area contributed by atoms with E-state index in [4.69, 9.17) is 21.7 Å². The molecule has 6 rings (SSSR count). The second kappa shape index (κ2) is 8.03. The third-order valence-electron chi connectivity index (χ3n) is 6.00. The predicted octanol–water partition coefficient (Wildman–Crippen LogP) is 2.67. The molecule has 0 spiro atoms. The maximum absolute atomic E-state index is 9.74. The zero-order chi connectivity index (χ0) is 23.4. The number of pyridine rings is 1. The zero-order valence-electron chi connectivity index (χ0n) is 18.2. The summed E-state index contributed by atoms with van der Waals surface area (Å²) in [5, 5.41) is 20.7. The number of anilines is 1. The minimum atomic E-state index is -0.352. The molecule has 1 saturated heterocycles. The Morgan fingerprint density at radius 2 is 1.97 bits per heavy atom. The highest BCUT2D eigenvalue weighted by molar-refractivity contribution is 6.29. The molecule has 10 nitrogen and oxygen atoms in total. The number of aryl methyl sites for hydroxylation is 1. The summed E-state index contributed by atoms with van der Waals surface area (Å²) < 4.78 is 9.64. The van der Waals surface area contributed by atoms with Gasteiger partial charge in [-0.2, -0.15) is 5.01 Å². The maximum atomic E-state index is 9.74. The molecule has 11 heteroatoms. The normalized spacial score (nSPS) is 18.8. The quantitative estimate of drug-likeness (QED) is 0.299. The van der Waals surface area contributed by atoms with Gasteiger partial charge in [-0.3, -0.25) is 9.98 Å². The average Bonchev–Trinajstić information content (AvgIpc) is 3.54. The molecule has 1 fully saturated rings. The summed E-state index contributed by atoms with van der Waals surface area (Å²) in [4.78, 5) is 13.3. The molecule has 0 amide bonds. The van der Waals surface area contributed by atoms with E-state index in [9.17, 15) is 5.11 Å². The van der Waals surface area contributed by atoms with Gasteiger partial charge >= 0.3 is 0 Å². The Kier molecular flexibility index (Phi) is 4.96. The number of hydrogen-bond donors (Lipinski definition) is 3. The Balaban J connectivity index is 1.57. The van der Waals surface area contributed by atoms with Gasteiger partial charge in [0.2, 0.25) is 5.62 Å². The molecule has 2 aliphatic heterocycles. The first-order valence-corrected chi connectivity index (χ1v) is 11.1. The lowest BCUT2D eigenvalue weighted by molar-refractivity contribution is 0.198. The lowest BCUT2D eigenvalue weighted by Gasteiger charge is -2.30. The van der Waals surface area contributed by atoms with Crippen LogP contribution in [0.1, 0.15) is 17.7 Å². The molecular weight excluding hydrogens is 456 g/mol. The number of aliphatic hydroxyl groups excluding tert-OH is 1. The standard InChI is InChI=1S/C23H21ClN8O2/c1-30-8-7-26-17(30)11-31-21-22(34-21)32-20(29-31)18(14-9-15(12-33)27-16(24)10-14)19(28-23(32)25)13-5-3-2-4-6-13/h2-10,21-22,25,29,33H,11-12H2,1H3. The highest BCUT2D eigenvalue weighted by Gasteiger charge is 2.51. The van der Waals surface area contributed by atoms with Crippen LogP contribution in [0.3, 0.4) is 0 Å². The number of rotatable bonds is 5. The van der Waals surface area contributed by atoms with E-state index in [1.165, 1.54) is 0 Å². The summed E-state index contributed by atoms with van der Waals surface area (Å²) in [6.45, 7) is 0.249. The van der Waals surface area contributed by atoms with E-state index in [1.807, 2.05) is 53.2 Å². The van der Waals surface area contributed by atoms with Gasteiger partial charge in [0.15, 0.2) is 12.5 Å². The first kappa shape index (κ1) is 21.0. The van der Waals surface area contributed by atoms with Gasteiger partial charge in [0.25, 0.3) is 0 Å². The van der Waals surface area contributed by atoms with E-state index in [2.05, 4.69) is 20.4 Å². The summed E-state index contributed by atoms with van der Waals surface area (Å²) in [6.07, 6.45) is 3.06. The molecule has 4 aromatic rings. The van der Waals surface area contributed by atoms with Gasteiger partial charge in [0.1, 0.15) is 16.8 Å². The second-order valence-corrected chi connectivity index (χ2v) is 8.57. The summed E-state index contributed by atoms with van der Waals surface area (Å²) in [5.74, 6) is 1.52. The average molecular weight is 477 g/mol. The van der Waals surface area contributed by atoms with Gasteiger partial charge in [-0.25, -0.2) is 15.0 Å². The number of aromatic nitrogens is 5. The molecule has 34 heavy (non-hydrogen) atoms. The van der Waals surface area contributed by atoms with Crippen molar-refractivity contribution in [2.24, 2.45) is 7.05 Å². The van der Waals surface area contributed by atoms with Crippen molar-refractivity contribution in [3.8, 4) is 22.4 Å². The number of epoxide rings is 1. The maximum Gasteiger partial charge on any atom is 0.226 e. The van der Waals surface area contributed by atoms with E-state index >= 15 is 0 Å². The topological polar surface area (TPSA) is 120 Å². The van der Waals surface area contributed by atoms with Gasteiger partial charge in [0.05, 0.1) is 30.1 Å².